The average molecular weight is 668 g/mol. The largest absolute Gasteiger partial charge is 0.414 e. The molecule has 2 fully saturated rings. The van der Waals surface area contributed by atoms with Crippen LogP contribution in [-0.2, 0) is 17.7 Å². The Morgan fingerprint density at radius 2 is 1.65 bits per heavy atom. The predicted molar refractivity (Wildman–Crippen MR) is 178 cm³/mol. The van der Waals surface area contributed by atoms with Crippen LogP contribution >= 0.6 is 0 Å². The highest BCUT2D eigenvalue weighted by molar-refractivity contribution is 6.84. The van der Waals surface area contributed by atoms with Crippen LogP contribution in [0.3, 0.4) is 0 Å². The minimum absolute atomic E-state index is 0.0877. The lowest BCUT2D eigenvalue weighted by molar-refractivity contribution is -0.0564. The lowest BCUT2D eigenvalue weighted by atomic mass is 10.1. The zero-order valence-corrected chi connectivity index (χ0v) is 29.7. The van der Waals surface area contributed by atoms with Crippen molar-refractivity contribution < 1.29 is 22.8 Å². The topological polar surface area (TPSA) is 183 Å². The van der Waals surface area contributed by atoms with Crippen molar-refractivity contribution in [1.82, 2.24) is 34.5 Å². The molecule has 0 radical (unpaired) electrons. The normalized spacial score (nSPS) is 24.6. The van der Waals surface area contributed by atoms with Crippen molar-refractivity contribution in [2.75, 3.05) is 18.1 Å². The number of aromatic nitrogens is 7. The van der Waals surface area contributed by atoms with Crippen molar-refractivity contribution in [1.29, 1.82) is 0 Å². The van der Waals surface area contributed by atoms with E-state index in [0.29, 0.717) is 28.4 Å². The van der Waals surface area contributed by atoms with E-state index >= 15 is 0 Å². The Kier molecular flexibility index (Phi) is 8.58. The Morgan fingerprint density at radius 3 is 2.30 bits per heavy atom. The minimum Gasteiger partial charge on any atom is -0.414 e. The van der Waals surface area contributed by atoms with Crippen LogP contribution in [0.2, 0.25) is 22.2 Å². The van der Waals surface area contributed by atoms with Gasteiger partial charge in [-0.15, -0.1) is 5.10 Å². The molecule has 248 valence electrons. The molecule has 6 rings (SSSR count). The van der Waals surface area contributed by atoms with E-state index in [2.05, 4.69) is 75.7 Å². The number of rotatable bonds is 7. The standard InChI is InChI=1S/C30H45N9O5Si2/c1-16(2)45(17(3)4)41-14-23-26(43-46(44-45,18(5)6)19(7)8)25(40)30(42-23)39-28(35-24-27(32)33-15-34-29(24)39)22-13-38(37-36-22)21-11-9-10-20(31)12-21/h9-13,15-19,23,25-26,30,40H,14,31H2,1-8H3,(H2,32,33,34)/t23-,25-,26-,30-/m1/s1. The molecule has 46 heavy (non-hydrogen) atoms. The van der Waals surface area contributed by atoms with Crippen LogP contribution in [0.1, 0.15) is 61.6 Å². The van der Waals surface area contributed by atoms with Crippen LogP contribution in [0.15, 0.2) is 36.8 Å². The number of aliphatic hydroxyl groups excluding tert-OH is 1. The quantitative estimate of drug-likeness (QED) is 0.186. The van der Waals surface area contributed by atoms with Gasteiger partial charge in [-0.3, -0.25) is 4.57 Å². The summed E-state index contributed by atoms with van der Waals surface area (Å²) in [6, 6.07) is 7.31. The van der Waals surface area contributed by atoms with Crippen molar-refractivity contribution in [3.63, 3.8) is 0 Å². The summed E-state index contributed by atoms with van der Waals surface area (Å²) in [7, 11) is -5.82. The van der Waals surface area contributed by atoms with Gasteiger partial charge in [-0.25, -0.2) is 19.6 Å². The maximum Gasteiger partial charge on any atom is 0.335 e. The molecule has 0 saturated carbocycles. The number of hydrogen-bond donors (Lipinski definition) is 3. The van der Waals surface area contributed by atoms with Gasteiger partial charge in [-0.05, 0) is 40.4 Å². The van der Waals surface area contributed by atoms with Crippen LogP contribution in [0.5, 0.6) is 0 Å². The summed E-state index contributed by atoms with van der Waals surface area (Å²) in [5.74, 6) is 0.549. The highest BCUT2D eigenvalue weighted by Gasteiger charge is 2.62. The summed E-state index contributed by atoms with van der Waals surface area (Å²) in [4.78, 5) is 13.5. The molecule has 16 heteroatoms. The number of imidazole rings is 1. The zero-order valence-electron chi connectivity index (χ0n) is 27.7. The fourth-order valence-corrected chi connectivity index (χ4v) is 18.1. The summed E-state index contributed by atoms with van der Waals surface area (Å²) in [5.41, 5.74) is 15.3. The van der Waals surface area contributed by atoms with Crippen LogP contribution in [0.4, 0.5) is 11.5 Å². The molecular formula is C30H45N9O5Si2. The van der Waals surface area contributed by atoms with Gasteiger partial charge in [0.1, 0.15) is 30.3 Å². The van der Waals surface area contributed by atoms with Gasteiger partial charge in [0.25, 0.3) is 0 Å². The van der Waals surface area contributed by atoms with Crippen LogP contribution in [-0.4, -0.2) is 81.7 Å². The van der Waals surface area contributed by atoms with E-state index in [0.717, 1.165) is 5.69 Å². The molecule has 0 bridgehead atoms. The van der Waals surface area contributed by atoms with Gasteiger partial charge in [-0.2, -0.15) is 0 Å². The van der Waals surface area contributed by atoms with E-state index in [1.165, 1.54) is 6.33 Å². The summed E-state index contributed by atoms with van der Waals surface area (Å²) >= 11 is 0. The van der Waals surface area contributed by atoms with Gasteiger partial charge in [0.05, 0.1) is 18.5 Å². The summed E-state index contributed by atoms with van der Waals surface area (Å²) in [5, 5.41) is 20.9. The van der Waals surface area contributed by atoms with Gasteiger partial charge >= 0.3 is 17.1 Å². The molecule has 0 aliphatic carbocycles. The molecule has 5 N–H and O–H groups in total. The highest BCUT2D eigenvalue weighted by atomic mass is 28.5. The number of fused-ring (bicyclic) bond motifs is 2. The van der Waals surface area contributed by atoms with Crippen molar-refractivity contribution in [2.24, 2.45) is 0 Å². The van der Waals surface area contributed by atoms with Crippen LogP contribution in [0.25, 0.3) is 28.4 Å². The van der Waals surface area contributed by atoms with E-state index in [1.807, 2.05) is 12.1 Å². The Labute approximate surface area is 270 Å². The first-order valence-corrected chi connectivity index (χ1v) is 19.9. The van der Waals surface area contributed by atoms with Gasteiger partial charge in [0.2, 0.25) is 0 Å². The number of anilines is 2. The van der Waals surface area contributed by atoms with E-state index in [1.54, 1.807) is 27.6 Å². The summed E-state index contributed by atoms with van der Waals surface area (Å²) in [6.45, 7) is 17.5. The van der Waals surface area contributed by atoms with Crippen LogP contribution in [0, 0.1) is 0 Å². The molecule has 14 nitrogen and oxygen atoms in total. The maximum atomic E-state index is 12.1. The summed E-state index contributed by atoms with van der Waals surface area (Å²) in [6.07, 6.45) is -0.282. The third kappa shape index (κ3) is 5.25. The van der Waals surface area contributed by atoms with E-state index in [9.17, 15) is 5.11 Å². The van der Waals surface area contributed by atoms with Crippen LogP contribution < -0.4 is 11.5 Å². The van der Waals surface area contributed by atoms with Gasteiger partial charge in [0, 0.05) is 5.69 Å². The summed E-state index contributed by atoms with van der Waals surface area (Å²) < 4.78 is 31.4. The fourth-order valence-electron chi connectivity index (χ4n) is 6.86. The molecule has 2 aliphatic rings. The lowest BCUT2D eigenvalue weighted by Crippen LogP contribution is -2.65. The molecule has 0 spiro atoms. The van der Waals surface area contributed by atoms with Gasteiger partial charge in [-0.1, -0.05) is 66.7 Å². The first-order valence-electron chi connectivity index (χ1n) is 15.9. The molecule has 0 amide bonds. The Morgan fingerprint density at radius 1 is 0.957 bits per heavy atom. The van der Waals surface area contributed by atoms with E-state index in [4.69, 9.17) is 34.2 Å². The SMILES string of the molecule is CC(C)[Si]1(C(C)C)OC[C@H]2O[C@@H](n3c(-c4cn(-c5cccc(N)c5)nn4)nc4c(N)ncnc43)[C@H](O)[C@@H]2O[Si](C(C)C)(C(C)C)O1. The van der Waals surface area contributed by atoms with Crippen molar-refractivity contribution in [3.05, 3.63) is 36.8 Å². The average Bonchev–Trinajstić information content (AvgIpc) is 3.69. The van der Waals surface area contributed by atoms with E-state index in [-0.39, 0.29) is 34.6 Å². The number of nitrogens with zero attached hydrogens (tertiary/aromatic N) is 7. The first-order chi connectivity index (χ1) is 21.8. The molecule has 2 saturated heterocycles. The number of nitrogens with two attached hydrogens (primary N) is 2. The van der Waals surface area contributed by atoms with Crippen molar-refractivity contribution in [3.8, 4) is 17.2 Å². The third-order valence-electron chi connectivity index (χ3n) is 9.26. The fraction of sp³-hybridized carbons (Fsp3) is 0.567. The van der Waals surface area contributed by atoms with Crippen molar-refractivity contribution >= 4 is 39.8 Å². The first kappa shape index (κ1) is 32.7. The maximum absolute atomic E-state index is 12.1. The molecule has 4 atom stereocenters. The predicted octanol–water partition coefficient (Wildman–Crippen LogP) is 4.45. The monoisotopic (exact) mass is 667 g/mol. The number of hydrogen-bond acceptors (Lipinski definition) is 12. The molecular weight excluding hydrogens is 623 g/mol. The van der Waals surface area contributed by atoms with Gasteiger partial charge < -0.3 is 34.3 Å². The number of aliphatic hydroxyl groups is 1. The molecule has 2 aliphatic heterocycles. The van der Waals surface area contributed by atoms with Gasteiger partial charge in [0.15, 0.2) is 29.0 Å². The van der Waals surface area contributed by atoms with Crippen molar-refractivity contribution in [2.45, 2.75) is 102 Å². The molecule has 4 aromatic rings. The van der Waals surface area contributed by atoms with E-state index < -0.39 is 41.7 Å². The minimum atomic E-state index is -3.01. The smallest absolute Gasteiger partial charge is 0.335 e. The molecule has 1 aromatic carbocycles. The second-order valence-electron chi connectivity index (χ2n) is 13.5. The Balaban J connectivity index is 1.46. The Hall–Kier alpha value is -3.26. The second-order valence-corrected chi connectivity index (χ2v) is 22.3. The molecule has 5 heterocycles. The number of benzene rings is 1. The Bertz CT molecular complexity index is 1690. The second kappa shape index (κ2) is 12.1. The zero-order chi connectivity index (χ0) is 33.1. The number of ether oxygens (including phenoxy) is 1. The highest BCUT2D eigenvalue weighted by Crippen LogP contribution is 2.49. The lowest BCUT2D eigenvalue weighted by Gasteiger charge is -2.51. The number of nitrogen functional groups attached to an aromatic ring is 2. The molecule has 3 aromatic heterocycles. The third-order valence-corrected chi connectivity index (χ3v) is 19.5. The molecule has 0 unspecified atom stereocenters.